The van der Waals surface area contributed by atoms with Gasteiger partial charge in [0.2, 0.25) is 0 Å². The van der Waals surface area contributed by atoms with E-state index in [0.717, 1.165) is 0 Å². The summed E-state index contributed by atoms with van der Waals surface area (Å²) in [5.41, 5.74) is 1.78. The van der Waals surface area contributed by atoms with Gasteiger partial charge in [0.15, 0.2) is 11.5 Å². The van der Waals surface area contributed by atoms with Crippen LogP contribution in [0.25, 0.3) is 12.2 Å². The van der Waals surface area contributed by atoms with Crippen molar-refractivity contribution in [1.82, 2.24) is 0 Å². The molecule has 0 radical (unpaired) electrons. The Hall–Kier alpha value is -4.98. The zero-order chi connectivity index (χ0) is 28.6. The third-order valence-electron chi connectivity index (χ3n) is 4.56. The molecule has 0 unspecified atom stereocenters. The fraction of sp³-hybridized carbons (Fsp3) is 0.133. The third-order valence-corrected chi connectivity index (χ3v) is 4.56. The Morgan fingerprint density at radius 3 is 1.37 bits per heavy atom. The number of esters is 4. The molecule has 0 heterocycles. The molecule has 38 heavy (non-hydrogen) atoms. The minimum atomic E-state index is -0.699. The molecule has 0 saturated carbocycles. The summed E-state index contributed by atoms with van der Waals surface area (Å²) in [6, 6.07) is 9.08. The second-order valence-electron chi connectivity index (χ2n) is 8.46. The highest BCUT2D eigenvalue weighted by Gasteiger charge is 2.16. The first-order valence-electron chi connectivity index (χ1n) is 11.2. The SMILES string of the molecule is C=C(C)C(=O)Oc1cc(C=Cc2ccc(OC(=O)C(=C)C)c(OC(=O)C(=C)C)c2)cc(OC(=O)C(=C)C)c1. The Labute approximate surface area is 221 Å². The fourth-order valence-corrected chi connectivity index (χ4v) is 2.55. The van der Waals surface area contributed by atoms with Crippen LogP contribution in [0.2, 0.25) is 0 Å². The highest BCUT2D eigenvalue weighted by atomic mass is 16.6. The Morgan fingerprint density at radius 1 is 0.526 bits per heavy atom. The molecular formula is C30H28O8. The molecule has 0 N–H and O–H groups in total. The number of ether oxygens (including phenoxy) is 4. The predicted octanol–water partition coefficient (Wildman–Crippen LogP) is 5.78. The van der Waals surface area contributed by atoms with Crippen LogP contribution in [-0.2, 0) is 19.2 Å². The van der Waals surface area contributed by atoms with Crippen molar-refractivity contribution in [3.05, 3.63) is 96.1 Å². The van der Waals surface area contributed by atoms with Crippen molar-refractivity contribution < 1.29 is 38.1 Å². The molecule has 8 nitrogen and oxygen atoms in total. The maximum absolute atomic E-state index is 12.1. The number of carbonyl (C=O) groups excluding carboxylic acids is 4. The van der Waals surface area contributed by atoms with Gasteiger partial charge in [0, 0.05) is 28.4 Å². The Morgan fingerprint density at radius 2 is 0.921 bits per heavy atom. The largest absolute Gasteiger partial charge is 0.423 e. The van der Waals surface area contributed by atoms with E-state index in [-0.39, 0.29) is 45.3 Å². The van der Waals surface area contributed by atoms with Crippen LogP contribution in [0.5, 0.6) is 23.0 Å². The van der Waals surface area contributed by atoms with Crippen molar-refractivity contribution in [2.75, 3.05) is 0 Å². The summed E-state index contributed by atoms with van der Waals surface area (Å²) in [6.07, 6.45) is 3.31. The van der Waals surface area contributed by atoms with Crippen molar-refractivity contribution in [2.45, 2.75) is 27.7 Å². The third kappa shape index (κ3) is 8.60. The van der Waals surface area contributed by atoms with E-state index in [1.54, 1.807) is 30.4 Å². The summed E-state index contributed by atoms with van der Waals surface area (Å²) in [5.74, 6) is -2.40. The summed E-state index contributed by atoms with van der Waals surface area (Å²) in [5, 5.41) is 0. The smallest absolute Gasteiger partial charge is 0.338 e. The van der Waals surface area contributed by atoms with E-state index in [9.17, 15) is 19.2 Å². The maximum atomic E-state index is 12.1. The van der Waals surface area contributed by atoms with Crippen LogP contribution in [0.15, 0.2) is 85.0 Å². The van der Waals surface area contributed by atoms with E-state index in [4.69, 9.17) is 18.9 Å². The quantitative estimate of drug-likeness (QED) is 0.169. The van der Waals surface area contributed by atoms with Crippen LogP contribution < -0.4 is 18.9 Å². The monoisotopic (exact) mass is 516 g/mol. The maximum Gasteiger partial charge on any atom is 0.338 e. The number of hydrogen-bond acceptors (Lipinski definition) is 8. The molecule has 196 valence electrons. The van der Waals surface area contributed by atoms with Crippen molar-refractivity contribution in [1.29, 1.82) is 0 Å². The lowest BCUT2D eigenvalue weighted by atomic mass is 10.1. The van der Waals surface area contributed by atoms with E-state index in [1.165, 1.54) is 45.9 Å². The van der Waals surface area contributed by atoms with Crippen molar-refractivity contribution in [3.63, 3.8) is 0 Å². The molecule has 2 aromatic carbocycles. The molecule has 0 aromatic heterocycles. The van der Waals surface area contributed by atoms with Crippen molar-refractivity contribution in [3.8, 4) is 23.0 Å². The lowest BCUT2D eigenvalue weighted by molar-refractivity contribution is -0.132. The number of hydrogen-bond donors (Lipinski definition) is 0. The molecule has 0 spiro atoms. The molecule has 2 rings (SSSR count). The standard InChI is InChI=1S/C30H28O8/c1-17(2)27(31)35-23-13-22(14-24(16-23)36-28(32)18(3)4)10-9-21-11-12-25(37-29(33)19(5)6)26(15-21)38-30(34)20(7)8/h9-16H,1,3,5,7H2,2,4,6,8H3. The number of carbonyl (C=O) groups is 4. The number of benzene rings is 2. The lowest BCUT2D eigenvalue weighted by Gasteiger charge is -2.11. The van der Waals surface area contributed by atoms with E-state index < -0.39 is 23.9 Å². The second-order valence-corrected chi connectivity index (χ2v) is 8.46. The Balaban J connectivity index is 2.46. The summed E-state index contributed by atoms with van der Waals surface area (Å²) in [4.78, 5) is 48.2. The van der Waals surface area contributed by atoms with Gasteiger partial charge >= 0.3 is 23.9 Å². The average Bonchev–Trinajstić information content (AvgIpc) is 2.83. The van der Waals surface area contributed by atoms with Gasteiger partial charge in [-0.05, 0) is 63.1 Å². The van der Waals surface area contributed by atoms with Crippen LogP contribution >= 0.6 is 0 Å². The summed E-state index contributed by atoms with van der Waals surface area (Å²) < 4.78 is 21.2. The highest BCUT2D eigenvalue weighted by Crippen LogP contribution is 2.31. The molecule has 0 aliphatic rings. The van der Waals surface area contributed by atoms with Crippen LogP contribution in [0.3, 0.4) is 0 Å². The van der Waals surface area contributed by atoms with E-state index in [1.807, 2.05) is 0 Å². The van der Waals surface area contributed by atoms with Gasteiger partial charge in [-0.25, -0.2) is 19.2 Å². The fourth-order valence-electron chi connectivity index (χ4n) is 2.55. The molecule has 0 aliphatic carbocycles. The Kier molecular flexibility index (Phi) is 9.87. The molecule has 0 saturated heterocycles. The van der Waals surface area contributed by atoms with Crippen LogP contribution in [0.1, 0.15) is 38.8 Å². The van der Waals surface area contributed by atoms with E-state index in [0.29, 0.717) is 11.1 Å². The van der Waals surface area contributed by atoms with E-state index in [2.05, 4.69) is 26.3 Å². The van der Waals surface area contributed by atoms with Crippen molar-refractivity contribution >= 4 is 36.0 Å². The molecule has 8 heteroatoms. The van der Waals surface area contributed by atoms with E-state index >= 15 is 0 Å². The van der Waals surface area contributed by atoms with Crippen LogP contribution in [0, 0.1) is 0 Å². The first-order valence-corrected chi connectivity index (χ1v) is 11.2. The normalized spacial score (nSPS) is 10.3. The van der Waals surface area contributed by atoms with Gasteiger partial charge in [-0.2, -0.15) is 0 Å². The first kappa shape index (κ1) is 29.3. The van der Waals surface area contributed by atoms with Gasteiger partial charge in [0.05, 0.1) is 0 Å². The molecular weight excluding hydrogens is 488 g/mol. The van der Waals surface area contributed by atoms with Crippen molar-refractivity contribution in [2.24, 2.45) is 0 Å². The zero-order valence-electron chi connectivity index (χ0n) is 21.7. The summed E-state index contributed by atoms with van der Waals surface area (Å²) in [6.45, 7) is 20.2. The zero-order valence-corrected chi connectivity index (χ0v) is 21.7. The van der Waals surface area contributed by atoms with Gasteiger partial charge in [-0.15, -0.1) is 0 Å². The minimum Gasteiger partial charge on any atom is -0.423 e. The molecule has 0 bridgehead atoms. The Bertz CT molecular complexity index is 1340. The highest BCUT2D eigenvalue weighted by molar-refractivity contribution is 5.92. The summed E-state index contributed by atoms with van der Waals surface area (Å²) in [7, 11) is 0. The minimum absolute atomic E-state index is 0.00466. The average molecular weight is 517 g/mol. The molecule has 0 amide bonds. The summed E-state index contributed by atoms with van der Waals surface area (Å²) >= 11 is 0. The van der Waals surface area contributed by atoms with Crippen LogP contribution in [0.4, 0.5) is 0 Å². The molecule has 0 aliphatic heterocycles. The predicted molar refractivity (Wildman–Crippen MR) is 144 cm³/mol. The second kappa shape index (κ2) is 12.8. The van der Waals surface area contributed by atoms with Gasteiger partial charge in [-0.3, -0.25) is 0 Å². The van der Waals surface area contributed by atoms with Gasteiger partial charge in [-0.1, -0.05) is 44.5 Å². The van der Waals surface area contributed by atoms with Gasteiger partial charge in [0.1, 0.15) is 11.5 Å². The molecule has 2 aromatic rings. The van der Waals surface area contributed by atoms with Crippen LogP contribution in [-0.4, -0.2) is 23.9 Å². The topological polar surface area (TPSA) is 105 Å². The molecule has 0 fully saturated rings. The first-order chi connectivity index (χ1) is 17.8. The lowest BCUT2D eigenvalue weighted by Crippen LogP contribution is -2.12. The number of rotatable bonds is 10. The molecule has 0 atom stereocenters. The van der Waals surface area contributed by atoms with Gasteiger partial charge < -0.3 is 18.9 Å². The van der Waals surface area contributed by atoms with Gasteiger partial charge in [0.25, 0.3) is 0 Å².